The van der Waals surface area contributed by atoms with Crippen molar-refractivity contribution in [3.05, 3.63) is 33.8 Å². The normalized spacial score (nSPS) is 17.1. The number of aryl methyl sites for hydroxylation is 1. The van der Waals surface area contributed by atoms with Gasteiger partial charge in [-0.25, -0.2) is 4.98 Å². The molecule has 158 valence electrons. The van der Waals surface area contributed by atoms with Crippen LogP contribution in [0.4, 0.5) is 0 Å². The second-order valence-corrected chi connectivity index (χ2v) is 9.21. The third kappa shape index (κ3) is 8.38. The van der Waals surface area contributed by atoms with Crippen LogP contribution in [0.25, 0.3) is 6.08 Å². The number of nitrogens with zero attached hydrogens (tertiary/aromatic N) is 1. The second kappa shape index (κ2) is 12.3. The minimum atomic E-state index is -0.581. The van der Waals surface area contributed by atoms with E-state index in [1.54, 1.807) is 11.3 Å². The van der Waals surface area contributed by atoms with Crippen LogP contribution in [-0.2, 0) is 4.79 Å². The number of aliphatic hydroxyl groups is 2. The summed E-state index contributed by atoms with van der Waals surface area (Å²) in [6, 6.07) is 0. The minimum absolute atomic E-state index is 0.0387. The molecule has 0 aliphatic rings. The molecule has 0 fully saturated rings. The van der Waals surface area contributed by atoms with E-state index in [9.17, 15) is 15.0 Å². The molecule has 0 bridgehead atoms. The van der Waals surface area contributed by atoms with E-state index in [-0.39, 0.29) is 23.5 Å². The molecule has 0 aliphatic carbocycles. The van der Waals surface area contributed by atoms with Gasteiger partial charge in [-0.3, -0.25) is 4.79 Å². The summed E-state index contributed by atoms with van der Waals surface area (Å²) >= 11 is 1.61. The van der Waals surface area contributed by atoms with Gasteiger partial charge in [0.1, 0.15) is 5.78 Å². The summed E-state index contributed by atoms with van der Waals surface area (Å²) in [5.74, 6) is -0.117. The van der Waals surface area contributed by atoms with Crippen LogP contribution in [0.5, 0.6) is 0 Å². The van der Waals surface area contributed by atoms with Gasteiger partial charge in [-0.05, 0) is 57.1 Å². The summed E-state index contributed by atoms with van der Waals surface area (Å²) in [6.07, 6.45) is 8.29. The first-order valence-electron chi connectivity index (χ1n) is 10.3. The van der Waals surface area contributed by atoms with Gasteiger partial charge in [0, 0.05) is 17.2 Å². The van der Waals surface area contributed by atoms with Gasteiger partial charge in [0.05, 0.1) is 22.9 Å². The summed E-state index contributed by atoms with van der Waals surface area (Å²) in [5.41, 5.74) is 1.82. The summed E-state index contributed by atoms with van der Waals surface area (Å²) < 4.78 is 0. The van der Waals surface area contributed by atoms with E-state index in [1.165, 1.54) is 0 Å². The van der Waals surface area contributed by atoms with Crippen molar-refractivity contribution < 1.29 is 15.0 Å². The molecule has 1 rings (SSSR count). The van der Waals surface area contributed by atoms with Crippen LogP contribution in [-0.4, -0.2) is 33.2 Å². The fourth-order valence-corrected chi connectivity index (χ4v) is 3.79. The molecule has 28 heavy (non-hydrogen) atoms. The lowest BCUT2D eigenvalue weighted by molar-refractivity contribution is -0.129. The summed E-state index contributed by atoms with van der Waals surface area (Å²) in [5, 5.41) is 23.7. The van der Waals surface area contributed by atoms with Crippen LogP contribution in [0.2, 0.25) is 0 Å². The van der Waals surface area contributed by atoms with E-state index in [2.05, 4.69) is 11.1 Å². The van der Waals surface area contributed by atoms with Crippen molar-refractivity contribution >= 4 is 23.2 Å². The Kier molecular flexibility index (Phi) is 10.9. The Morgan fingerprint density at radius 2 is 1.89 bits per heavy atom. The number of aromatic nitrogens is 1. The number of aliphatic hydroxyl groups excluding tert-OH is 2. The predicted octanol–water partition coefficient (Wildman–Crippen LogP) is 5.19. The summed E-state index contributed by atoms with van der Waals surface area (Å²) in [7, 11) is 0. The van der Waals surface area contributed by atoms with Crippen molar-refractivity contribution in [3.8, 4) is 0 Å². The van der Waals surface area contributed by atoms with Gasteiger partial charge in [-0.1, -0.05) is 39.8 Å². The number of carbonyl (C=O) groups excluding carboxylic acids is 1. The molecule has 0 saturated heterocycles. The van der Waals surface area contributed by atoms with Gasteiger partial charge in [-0.15, -0.1) is 11.3 Å². The van der Waals surface area contributed by atoms with Gasteiger partial charge >= 0.3 is 0 Å². The smallest absolute Gasteiger partial charge is 0.140 e. The Morgan fingerprint density at radius 3 is 2.46 bits per heavy atom. The molecule has 4 atom stereocenters. The van der Waals surface area contributed by atoms with Gasteiger partial charge in [0.25, 0.3) is 0 Å². The fraction of sp³-hybridized carbons (Fsp3) is 0.652. The molecule has 0 aromatic carbocycles. The Balaban J connectivity index is 2.32. The van der Waals surface area contributed by atoms with Crippen LogP contribution in [0, 0.1) is 24.7 Å². The molecule has 0 radical (unpaired) electrons. The standard InChI is InChI=1S/C23H37NO3S/c1-15(2)22(26)18(5)23(27)16(3)11-9-7-8-10-12-21(25)17(4)13-20-14-28-19(6)24-20/h8,10,13-16,18,21,23,25,27H,7,9,11-12H2,1-6H3. The third-order valence-corrected chi connectivity index (χ3v) is 6.00. The highest BCUT2D eigenvalue weighted by Crippen LogP contribution is 2.22. The van der Waals surface area contributed by atoms with E-state index < -0.39 is 12.2 Å². The van der Waals surface area contributed by atoms with Crippen LogP contribution in [0.1, 0.15) is 71.0 Å². The molecule has 4 unspecified atom stereocenters. The molecular weight excluding hydrogens is 370 g/mol. The molecule has 4 nitrogen and oxygen atoms in total. The minimum Gasteiger partial charge on any atom is -0.392 e. The van der Waals surface area contributed by atoms with Crippen molar-refractivity contribution in [1.82, 2.24) is 4.98 Å². The van der Waals surface area contributed by atoms with E-state index >= 15 is 0 Å². The van der Waals surface area contributed by atoms with Crippen LogP contribution < -0.4 is 0 Å². The van der Waals surface area contributed by atoms with Crippen LogP contribution >= 0.6 is 11.3 Å². The third-order valence-electron chi connectivity index (χ3n) is 5.21. The second-order valence-electron chi connectivity index (χ2n) is 8.15. The summed E-state index contributed by atoms with van der Waals surface area (Å²) in [4.78, 5) is 16.4. The van der Waals surface area contributed by atoms with Crippen LogP contribution in [0.15, 0.2) is 23.1 Å². The average molecular weight is 408 g/mol. The molecule has 2 N–H and O–H groups in total. The molecule has 0 aliphatic heterocycles. The average Bonchev–Trinajstić information content (AvgIpc) is 3.06. The number of hydrogen-bond acceptors (Lipinski definition) is 5. The van der Waals surface area contributed by atoms with E-state index in [4.69, 9.17) is 0 Å². The highest BCUT2D eigenvalue weighted by molar-refractivity contribution is 7.09. The molecular formula is C23H37NO3S. The molecule has 1 aromatic rings. The lowest BCUT2D eigenvalue weighted by Gasteiger charge is -2.25. The molecule has 0 amide bonds. The first-order valence-corrected chi connectivity index (χ1v) is 11.2. The number of carbonyl (C=O) groups is 1. The lowest BCUT2D eigenvalue weighted by atomic mass is 9.84. The maximum absolute atomic E-state index is 12.0. The zero-order chi connectivity index (χ0) is 21.3. The predicted molar refractivity (Wildman–Crippen MR) is 118 cm³/mol. The monoisotopic (exact) mass is 407 g/mol. The largest absolute Gasteiger partial charge is 0.392 e. The Morgan fingerprint density at radius 1 is 1.21 bits per heavy atom. The number of Topliss-reactive ketones (excluding diaryl/α,β-unsaturated/α-hetero) is 1. The first-order chi connectivity index (χ1) is 13.1. The zero-order valence-corrected chi connectivity index (χ0v) is 19.0. The highest BCUT2D eigenvalue weighted by atomic mass is 32.1. The van der Waals surface area contributed by atoms with Gasteiger partial charge in [-0.2, -0.15) is 0 Å². The fourth-order valence-electron chi connectivity index (χ4n) is 3.22. The Hall–Kier alpha value is -1.30. The molecule has 0 saturated carbocycles. The summed E-state index contributed by atoms with van der Waals surface area (Å²) in [6.45, 7) is 11.5. The quantitative estimate of drug-likeness (QED) is 0.369. The number of unbranched alkanes of at least 4 members (excludes halogenated alkanes) is 1. The van der Waals surface area contributed by atoms with Gasteiger partial charge in [0.2, 0.25) is 0 Å². The number of rotatable bonds is 12. The highest BCUT2D eigenvalue weighted by Gasteiger charge is 2.27. The molecule has 0 spiro atoms. The van der Waals surface area contributed by atoms with E-state index in [0.29, 0.717) is 6.42 Å². The van der Waals surface area contributed by atoms with Crippen molar-refractivity contribution in [1.29, 1.82) is 0 Å². The number of allylic oxidation sites excluding steroid dienone is 1. The molecule has 1 aromatic heterocycles. The molecule has 5 heteroatoms. The lowest BCUT2D eigenvalue weighted by Crippen LogP contribution is -2.33. The SMILES string of the molecule is CC(=Cc1csc(C)n1)C(O)CC=CCCCC(C)C(O)C(C)C(=O)C(C)C. The maximum Gasteiger partial charge on any atom is 0.140 e. The number of thiazole rings is 1. The van der Waals surface area contributed by atoms with E-state index in [0.717, 1.165) is 35.5 Å². The number of hydrogen-bond donors (Lipinski definition) is 2. The molecule has 1 heterocycles. The Bertz CT molecular complexity index is 663. The van der Waals surface area contributed by atoms with Crippen molar-refractivity contribution in [2.45, 2.75) is 79.4 Å². The van der Waals surface area contributed by atoms with Crippen molar-refractivity contribution in [3.63, 3.8) is 0 Å². The van der Waals surface area contributed by atoms with Gasteiger partial charge in [0.15, 0.2) is 0 Å². The topological polar surface area (TPSA) is 70.4 Å². The maximum atomic E-state index is 12.0. The zero-order valence-electron chi connectivity index (χ0n) is 18.2. The number of ketones is 1. The Labute approximate surface area is 174 Å². The first kappa shape index (κ1) is 24.7. The van der Waals surface area contributed by atoms with Gasteiger partial charge < -0.3 is 10.2 Å². The van der Waals surface area contributed by atoms with Crippen LogP contribution in [0.3, 0.4) is 0 Å². The van der Waals surface area contributed by atoms with Crippen molar-refractivity contribution in [2.75, 3.05) is 0 Å². The van der Waals surface area contributed by atoms with E-state index in [1.807, 2.05) is 59.1 Å². The van der Waals surface area contributed by atoms with Crippen molar-refractivity contribution in [2.24, 2.45) is 17.8 Å².